The molecule has 0 heterocycles. The molecular formula is C15H24N2O. The average Bonchev–Trinajstić information content (AvgIpc) is 2.34. The maximum atomic E-state index is 11.5. The van der Waals surface area contributed by atoms with Crippen LogP contribution in [0.1, 0.15) is 37.3 Å². The highest BCUT2D eigenvalue weighted by Gasteiger charge is 2.00. The zero-order valence-corrected chi connectivity index (χ0v) is 11.7. The number of anilines is 1. The first kappa shape index (κ1) is 14.6. The lowest BCUT2D eigenvalue weighted by atomic mass is 10.1. The van der Waals surface area contributed by atoms with Gasteiger partial charge in [0.15, 0.2) is 0 Å². The van der Waals surface area contributed by atoms with Gasteiger partial charge in [0.2, 0.25) is 5.91 Å². The Kier molecular flexibility index (Phi) is 6.26. The molecule has 0 aliphatic carbocycles. The summed E-state index contributed by atoms with van der Waals surface area (Å²) in [6.45, 7) is 7.78. The Balaban J connectivity index is 2.24. The highest BCUT2D eigenvalue weighted by Crippen LogP contribution is 2.13. The van der Waals surface area contributed by atoms with E-state index in [-0.39, 0.29) is 5.91 Å². The van der Waals surface area contributed by atoms with E-state index >= 15 is 0 Å². The second-order valence-electron chi connectivity index (χ2n) is 4.68. The maximum absolute atomic E-state index is 11.5. The minimum Gasteiger partial charge on any atom is -0.385 e. The number of rotatable bonds is 7. The predicted octanol–water partition coefficient (Wildman–Crippen LogP) is 3.02. The number of benzene rings is 1. The van der Waals surface area contributed by atoms with Crippen LogP contribution in [0.15, 0.2) is 18.2 Å². The lowest BCUT2D eigenvalue weighted by Gasteiger charge is -2.09. The number of carbonyl (C=O) groups excluding carboxylic acids is 1. The standard InChI is InChI=1S/C15H24N2O/c1-4-5-9-17-15(18)8-10-16-14-7-6-12(2)13(3)11-14/h6-7,11,16H,4-5,8-10H2,1-3H3,(H,17,18). The molecule has 1 amide bonds. The van der Waals surface area contributed by atoms with Crippen molar-refractivity contribution in [2.45, 2.75) is 40.0 Å². The molecule has 0 saturated carbocycles. The molecule has 3 nitrogen and oxygen atoms in total. The molecule has 18 heavy (non-hydrogen) atoms. The van der Waals surface area contributed by atoms with Crippen molar-refractivity contribution in [1.29, 1.82) is 0 Å². The third-order valence-corrected chi connectivity index (χ3v) is 3.04. The lowest BCUT2D eigenvalue weighted by molar-refractivity contribution is -0.120. The van der Waals surface area contributed by atoms with Crippen molar-refractivity contribution in [1.82, 2.24) is 5.32 Å². The first-order chi connectivity index (χ1) is 8.63. The summed E-state index contributed by atoms with van der Waals surface area (Å²) in [7, 11) is 0. The number of aryl methyl sites for hydroxylation is 2. The number of nitrogens with one attached hydrogen (secondary N) is 2. The van der Waals surface area contributed by atoms with Gasteiger partial charge in [0.05, 0.1) is 0 Å². The van der Waals surface area contributed by atoms with E-state index in [1.807, 2.05) is 0 Å². The zero-order valence-electron chi connectivity index (χ0n) is 11.7. The van der Waals surface area contributed by atoms with Gasteiger partial charge in [0.1, 0.15) is 0 Å². The van der Waals surface area contributed by atoms with Crippen molar-refractivity contribution < 1.29 is 4.79 Å². The fourth-order valence-electron chi connectivity index (χ4n) is 1.66. The third kappa shape index (κ3) is 5.21. The Morgan fingerprint density at radius 2 is 1.94 bits per heavy atom. The Hall–Kier alpha value is -1.51. The van der Waals surface area contributed by atoms with Crippen molar-refractivity contribution in [3.8, 4) is 0 Å². The molecule has 3 heteroatoms. The van der Waals surface area contributed by atoms with Gasteiger partial charge < -0.3 is 10.6 Å². The van der Waals surface area contributed by atoms with E-state index in [4.69, 9.17) is 0 Å². The van der Waals surface area contributed by atoms with Gasteiger partial charge in [-0.2, -0.15) is 0 Å². The fourth-order valence-corrected chi connectivity index (χ4v) is 1.66. The molecule has 2 N–H and O–H groups in total. The van der Waals surface area contributed by atoms with Crippen molar-refractivity contribution in [2.24, 2.45) is 0 Å². The fraction of sp³-hybridized carbons (Fsp3) is 0.533. The molecule has 100 valence electrons. The highest BCUT2D eigenvalue weighted by atomic mass is 16.1. The normalized spacial score (nSPS) is 10.2. The summed E-state index contributed by atoms with van der Waals surface area (Å²) in [4.78, 5) is 11.5. The second-order valence-corrected chi connectivity index (χ2v) is 4.68. The van der Waals surface area contributed by atoms with Crippen LogP contribution in [0, 0.1) is 13.8 Å². The van der Waals surface area contributed by atoms with E-state index in [0.717, 1.165) is 25.1 Å². The summed E-state index contributed by atoms with van der Waals surface area (Å²) < 4.78 is 0. The lowest BCUT2D eigenvalue weighted by Crippen LogP contribution is -2.26. The van der Waals surface area contributed by atoms with Crippen LogP contribution in [0.5, 0.6) is 0 Å². The summed E-state index contributed by atoms with van der Waals surface area (Å²) >= 11 is 0. The Morgan fingerprint density at radius 3 is 2.61 bits per heavy atom. The largest absolute Gasteiger partial charge is 0.385 e. The van der Waals surface area contributed by atoms with Crippen LogP contribution in [-0.4, -0.2) is 19.0 Å². The van der Waals surface area contributed by atoms with Crippen molar-refractivity contribution in [3.63, 3.8) is 0 Å². The van der Waals surface area contributed by atoms with Gasteiger partial charge in [-0.15, -0.1) is 0 Å². The van der Waals surface area contributed by atoms with Crippen molar-refractivity contribution in [2.75, 3.05) is 18.4 Å². The molecule has 0 unspecified atom stereocenters. The van der Waals surface area contributed by atoms with Gasteiger partial charge >= 0.3 is 0 Å². The topological polar surface area (TPSA) is 41.1 Å². The van der Waals surface area contributed by atoms with E-state index < -0.39 is 0 Å². The van der Waals surface area contributed by atoms with E-state index in [9.17, 15) is 4.79 Å². The van der Waals surface area contributed by atoms with E-state index in [1.165, 1.54) is 11.1 Å². The van der Waals surface area contributed by atoms with Crippen LogP contribution in [0.2, 0.25) is 0 Å². The van der Waals surface area contributed by atoms with Crippen molar-refractivity contribution >= 4 is 11.6 Å². The van der Waals surface area contributed by atoms with Gasteiger partial charge in [-0.05, 0) is 43.5 Å². The summed E-state index contributed by atoms with van der Waals surface area (Å²) in [5.74, 6) is 0.125. The van der Waals surface area contributed by atoms with Crippen LogP contribution < -0.4 is 10.6 Å². The molecule has 0 spiro atoms. The number of amides is 1. The molecule has 0 fully saturated rings. The van der Waals surface area contributed by atoms with Gasteiger partial charge in [0, 0.05) is 25.2 Å². The van der Waals surface area contributed by atoms with E-state index in [0.29, 0.717) is 13.0 Å². The molecule has 0 aliphatic rings. The maximum Gasteiger partial charge on any atom is 0.221 e. The first-order valence-electron chi connectivity index (χ1n) is 6.71. The van der Waals surface area contributed by atoms with Crippen LogP contribution in [0.3, 0.4) is 0 Å². The van der Waals surface area contributed by atoms with Gasteiger partial charge in [-0.1, -0.05) is 19.4 Å². The molecule has 0 saturated heterocycles. The van der Waals surface area contributed by atoms with Crippen LogP contribution >= 0.6 is 0 Å². The first-order valence-corrected chi connectivity index (χ1v) is 6.71. The van der Waals surface area contributed by atoms with E-state index in [2.05, 4.69) is 49.6 Å². The number of hydrogen-bond donors (Lipinski definition) is 2. The molecular weight excluding hydrogens is 224 g/mol. The minimum absolute atomic E-state index is 0.125. The molecule has 1 rings (SSSR count). The Labute approximate surface area is 110 Å². The quantitative estimate of drug-likeness (QED) is 0.728. The molecule has 0 aliphatic heterocycles. The molecule has 1 aromatic rings. The second kappa shape index (κ2) is 7.75. The Bertz CT molecular complexity index is 388. The third-order valence-electron chi connectivity index (χ3n) is 3.04. The predicted molar refractivity (Wildman–Crippen MR) is 76.9 cm³/mol. The summed E-state index contributed by atoms with van der Waals surface area (Å²) in [5, 5.41) is 6.18. The molecule has 0 atom stereocenters. The average molecular weight is 248 g/mol. The number of hydrogen-bond acceptors (Lipinski definition) is 2. The number of carbonyl (C=O) groups is 1. The number of unbranched alkanes of at least 4 members (excludes halogenated alkanes) is 1. The van der Waals surface area contributed by atoms with Crippen LogP contribution in [-0.2, 0) is 4.79 Å². The van der Waals surface area contributed by atoms with Gasteiger partial charge in [0.25, 0.3) is 0 Å². The Morgan fingerprint density at radius 1 is 1.17 bits per heavy atom. The van der Waals surface area contributed by atoms with Gasteiger partial charge in [-0.25, -0.2) is 0 Å². The van der Waals surface area contributed by atoms with Crippen LogP contribution in [0.25, 0.3) is 0 Å². The molecule has 1 aromatic carbocycles. The summed E-state index contributed by atoms with van der Waals surface area (Å²) in [6, 6.07) is 6.26. The van der Waals surface area contributed by atoms with Crippen molar-refractivity contribution in [3.05, 3.63) is 29.3 Å². The molecule has 0 bridgehead atoms. The minimum atomic E-state index is 0.125. The SMILES string of the molecule is CCCCNC(=O)CCNc1ccc(C)c(C)c1. The molecule has 0 radical (unpaired) electrons. The monoisotopic (exact) mass is 248 g/mol. The smallest absolute Gasteiger partial charge is 0.221 e. The molecule has 0 aromatic heterocycles. The zero-order chi connectivity index (χ0) is 13.4. The van der Waals surface area contributed by atoms with E-state index in [1.54, 1.807) is 0 Å². The highest BCUT2D eigenvalue weighted by molar-refractivity contribution is 5.76. The summed E-state index contributed by atoms with van der Waals surface area (Å²) in [6.07, 6.45) is 2.69. The van der Waals surface area contributed by atoms with Crippen LogP contribution in [0.4, 0.5) is 5.69 Å². The van der Waals surface area contributed by atoms with Gasteiger partial charge in [-0.3, -0.25) is 4.79 Å². The summed E-state index contributed by atoms with van der Waals surface area (Å²) in [5.41, 5.74) is 3.64.